The molecule has 2 bridgehead atoms. The first-order valence-corrected chi connectivity index (χ1v) is 11.0. The first-order valence-electron chi connectivity index (χ1n) is 11.0. The molecule has 0 amide bonds. The highest BCUT2D eigenvalue weighted by Crippen LogP contribution is 2.32. The fourth-order valence-electron chi connectivity index (χ4n) is 5.45. The normalized spacial score (nSPS) is 25.0. The van der Waals surface area contributed by atoms with Crippen LogP contribution in [0.25, 0.3) is 0 Å². The molecule has 2 atom stereocenters. The summed E-state index contributed by atoms with van der Waals surface area (Å²) in [6.45, 7) is 5.73. The number of likely N-dealkylation sites (tertiary alicyclic amines) is 1. The monoisotopic (exact) mass is 394 g/mol. The molecule has 6 nitrogen and oxygen atoms in total. The second-order valence-electron chi connectivity index (χ2n) is 9.14. The Morgan fingerprint density at radius 1 is 1.03 bits per heavy atom. The summed E-state index contributed by atoms with van der Waals surface area (Å²) in [5.41, 5.74) is 3.56. The minimum atomic E-state index is -0.0419. The van der Waals surface area contributed by atoms with Gasteiger partial charge in [0, 0.05) is 49.1 Å². The third-order valence-corrected chi connectivity index (χ3v) is 7.06. The van der Waals surface area contributed by atoms with Crippen LogP contribution in [0.1, 0.15) is 42.0 Å². The third kappa shape index (κ3) is 3.96. The Kier molecular flexibility index (Phi) is 5.14. The van der Waals surface area contributed by atoms with Crippen LogP contribution in [0, 0.1) is 11.8 Å². The molecule has 0 spiro atoms. The zero-order valence-corrected chi connectivity index (χ0v) is 16.9. The molecule has 0 aliphatic carbocycles. The number of piperidine rings is 2. The second-order valence-corrected chi connectivity index (χ2v) is 9.14. The SMILES string of the molecule is O=c1ccc(CC2CCN(Cc3ccc4n(c3=O)C[C@@H]3CNC[C@H]4C3)CC2)c[nH]1. The van der Waals surface area contributed by atoms with Crippen LogP contribution in [0.3, 0.4) is 0 Å². The van der Waals surface area contributed by atoms with Crippen molar-refractivity contribution in [1.82, 2.24) is 19.8 Å². The lowest BCUT2D eigenvalue weighted by Gasteiger charge is -2.38. The van der Waals surface area contributed by atoms with Gasteiger partial charge in [0.05, 0.1) is 0 Å². The maximum atomic E-state index is 13.1. The maximum Gasteiger partial charge on any atom is 0.255 e. The van der Waals surface area contributed by atoms with E-state index in [1.54, 1.807) is 6.07 Å². The topological polar surface area (TPSA) is 70.1 Å². The number of H-pyrrole nitrogens is 1. The molecule has 0 aromatic carbocycles. The standard InChI is InChI=1S/C23H30N4O2/c28-22-4-1-17(12-25-22)9-16-5-7-26(8-6-16)15-19-2-3-21-20-10-18(11-24-13-20)14-27(21)23(19)29/h1-4,12,16,18,20,24H,5-11,13-15H2,(H,25,28)/t18-,20+/m0/s1. The maximum absolute atomic E-state index is 13.1. The summed E-state index contributed by atoms with van der Waals surface area (Å²) in [6.07, 6.45) is 6.35. The van der Waals surface area contributed by atoms with E-state index in [1.165, 1.54) is 17.7 Å². The highest BCUT2D eigenvalue weighted by Gasteiger charge is 2.31. The van der Waals surface area contributed by atoms with E-state index < -0.39 is 0 Å². The smallest absolute Gasteiger partial charge is 0.255 e. The number of hydrogen-bond acceptors (Lipinski definition) is 4. The van der Waals surface area contributed by atoms with Crippen LogP contribution >= 0.6 is 0 Å². The molecule has 0 saturated carbocycles. The van der Waals surface area contributed by atoms with Gasteiger partial charge < -0.3 is 14.9 Å². The van der Waals surface area contributed by atoms with Crippen molar-refractivity contribution in [2.45, 2.75) is 44.7 Å². The Labute approximate surface area is 170 Å². The van der Waals surface area contributed by atoms with Crippen LogP contribution in [-0.4, -0.2) is 40.6 Å². The van der Waals surface area contributed by atoms with Gasteiger partial charge in [-0.1, -0.05) is 12.1 Å². The molecule has 0 radical (unpaired) electrons. The molecule has 2 N–H and O–H groups in total. The molecule has 2 fully saturated rings. The number of aromatic amines is 1. The first kappa shape index (κ1) is 18.8. The summed E-state index contributed by atoms with van der Waals surface area (Å²) in [6, 6.07) is 7.82. The van der Waals surface area contributed by atoms with E-state index in [9.17, 15) is 9.59 Å². The summed E-state index contributed by atoms with van der Waals surface area (Å²) in [4.78, 5) is 29.5. The van der Waals surface area contributed by atoms with Crippen molar-refractivity contribution in [3.8, 4) is 0 Å². The second kappa shape index (κ2) is 7.92. The third-order valence-electron chi connectivity index (χ3n) is 7.06. The summed E-state index contributed by atoms with van der Waals surface area (Å²) >= 11 is 0. The molecule has 2 saturated heterocycles. The van der Waals surface area contributed by atoms with Gasteiger partial charge in [-0.15, -0.1) is 0 Å². The zero-order chi connectivity index (χ0) is 19.8. The van der Waals surface area contributed by atoms with Gasteiger partial charge >= 0.3 is 0 Å². The van der Waals surface area contributed by atoms with Crippen LogP contribution in [0.5, 0.6) is 0 Å². The molecular formula is C23H30N4O2. The van der Waals surface area contributed by atoms with Gasteiger partial charge in [-0.05, 0) is 68.8 Å². The van der Waals surface area contributed by atoms with Crippen LogP contribution in [0.15, 0.2) is 40.1 Å². The predicted molar refractivity (Wildman–Crippen MR) is 113 cm³/mol. The number of aromatic nitrogens is 2. The summed E-state index contributed by atoms with van der Waals surface area (Å²) in [5, 5.41) is 3.51. The van der Waals surface area contributed by atoms with Gasteiger partial charge in [0.1, 0.15) is 0 Å². The van der Waals surface area contributed by atoms with Crippen molar-refractivity contribution in [3.05, 3.63) is 68.0 Å². The quantitative estimate of drug-likeness (QED) is 0.828. The predicted octanol–water partition coefficient (Wildman–Crippen LogP) is 1.70. The molecular weight excluding hydrogens is 364 g/mol. The molecule has 5 rings (SSSR count). The molecule has 2 aromatic rings. The number of rotatable bonds is 4. The fraction of sp³-hybridized carbons (Fsp3) is 0.565. The molecule has 3 aliphatic rings. The highest BCUT2D eigenvalue weighted by molar-refractivity contribution is 5.22. The summed E-state index contributed by atoms with van der Waals surface area (Å²) < 4.78 is 2.07. The molecule has 154 valence electrons. The van der Waals surface area contributed by atoms with E-state index in [0.717, 1.165) is 64.1 Å². The van der Waals surface area contributed by atoms with E-state index >= 15 is 0 Å². The molecule has 29 heavy (non-hydrogen) atoms. The van der Waals surface area contributed by atoms with Gasteiger partial charge in [0.15, 0.2) is 0 Å². The fourth-order valence-corrected chi connectivity index (χ4v) is 5.45. The van der Waals surface area contributed by atoms with Gasteiger partial charge in [-0.25, -0.2) is 0 Å². The lowest BCUT2D eigenvalue weighted by atomic mass is 9.84. The van der Waals surface area contributed by atoms with Crippen molar-refractivity contribution in [2.24, 2.45) is 11.8 Å². The molecule has 3 aliphatic heterocycles. The lowest BCUT2D eigenvalue weighted by Crippen LogP contribution is -2.46. The van der Waals surface area contributed by atoms with Crippen LogP contribution < -0.4 is 16.4 Å². The average Bonchev–Trinajstić information content (AvgIpc) is 2.74. The van der Waals surface area contributed by atoms with Gasteiger partial charge in [0.2, 0.25) is 5.56 Å². The Hall–Kier alpha value is -2.18. The summed E-state index contributed by atoms with van der Waals surface area (Å²) in [7, 11) is 0. The molecule has 5 heterocycles. The highest BCUT2D eigenvalue weighted by atomic mass is 16.1. The van der Waals surface area contributed by atoms with Crippen LogP contribution in [-0.2, 0) is 19.5 Å². The minimum absolute atomic E-state index is 0.0419. The van der Waals surface area contributed by atoms with E-state index in [2.05, 4.69) is 31.9 Å². The largest absolute Gasteiger partial charge is 0.329 e. The Morgan fingerprint density at radius 3 is 2.69 bits per heavy atom. The number of hydrogen-bond donors (Lipinski definition) is 2. The zero-order valence-electron chi connectivity index (χ0n) is 16.9. The number of fused-ring (bicyclic) bond motifs is 4. The van der Waals surface area contributed by atoms with Crippen LogP contribution in [0.4, 0.5) is 0 Å². The number of nitrogens with one attached hydrogen (secondary N) is 2. The Morgan fingerprint density at radius 2 is 1.90 bits per heavy atom. The van der Waals surface area contributed by atoms with E-state index in [4.69, 9.17) is 0 Å². The Balaban J connectivity index is 1.22. The van der Waals surface area contributed by atoms with Crippen molar-refractivity contribution in [2.75, 3.05) is 26.2 Å². The van der Waals surface area contributed by atoms with Crippen molar-refractivity contribution in [1.29, 1.82) is 0 Å². The number of pyridine rings is 2. The van der Waals surface area contributed by atoms with E-state index in [-0.39, 0.29) is 11.1 Å². The van der Waals surface area contributed by atoms with E-state index in [1.807, 2.05) is 12.3 Å². The molecule has 0 unspecified atom stereocenters. The molecule has 6 heteroatoms. The van der Waals surface area contributed by atoms with Crippen molar-refractivity contribution < 1.29 is 0 Å². The van der Waals surface area contributed by atoms with Gasteiger partial charge in [-0.3, -0.25) is 14.5 Å². The van der Waals surface area contributed by atoms with Crippen molar-refractivity contribution >= 4 is 0 Å². The Bertz CT molecular complexity index is 967. The van der Waals surface area contributed by atoms with Gasteiger partial charge in [-0.2, -0.15) is 0 Å². The van der Waals surface area contributed by atoms with E-state index in [0.29, 0.717) is 17.8 Å². The van der Waals surface area contributed by atoms with Gasteiger partial charge in [0.25, 0.3) is 5.56 Å². The lowest BCUT2D eigenvalue weighted by molar-refractivity contribution is 0.175. The van der Waals surface area contributed by atoms with Crippen LogP contribution in [0.2, 0.25) is 0 Å². The summed E-state index contributed by atoms with van der Waals surface area (Å²) in [5.74, 6) is 1.74. The van der Waals surface area contributed by atoms with Crippen molar-refractivity contribution in [3.63, 3.8) is 0 Å². The molecule has 2 aromatic heterocycles. The first-order chi connectivity index (χ1) is 14.2. The minimum Gasteiger partial charge on any atom is -0.329 e. The average molecular weight is 395 g/mol. The number of nitrogens with zero attached hydrogens (tertiary/aromatic N) is 2.